The molecule has 0 aliphatic rings. The third-order valence-electron chi connectivity index (χ3n) is 2.47. The van der Waals surface area contributed by atoms with Gasteiger partial charge in [-0.3, -0.25) is 9.78 Å². The van der Waals surface area contributed by atoms with E-state index in [4.69, 9.17) is 11.2 Å². The van der Waals surface area contributed by atoms with Crippen molar-refractivity contribution in [2.24, 2.45) is 5.10 Å². The summed E-state index contributed by atoms with van der Waals surface area (Å²) in [5, 5.41) is 4.02. The quantitative estimate of drug-likeness (QED) is 0.495. The molecule has 6 heteroatoms. The van der Waals surface area contributed by atoms with Crippen molar-refractivity contribution in [2.75, 3.05) is 12.0 Å². The predicted octanol–water partition coefficient (Wildman–Crippen LogP) is 1.54. The van der Waals surface area contributed by atoms with Crippen LogP contribution >= 0.6 is 0 Å². The SMILES string of the molecule is C#CCOc1ccccc1/C=N\Nc1nc(C)cc(=O)[nH]1. The molecule has 0 spiro atoms. The lowest BCUT2D eigenvalue weighted by atomic mass is 10.2. The summed E-state index contributed by atoms with van der Waals surface area (Å²) in [5.74, 6) is 3.31. The van der Waals surface area contributed by atoms with Gasteiger partial charge < -0.3 is 4.74 Å². The summed E-state index contributed by atoms with van der Waals surface area (Å²) in [6.45, 7) is 1.91. The summed E-state index contributed by atoms with van der Waals surface area (Å²) in [6, 6.07) is 8.74. The molecule has 0 amide bonds. The highest BCUT2D eigenvalue weighted by Gasteiger charge is 2.00. The number of aromatic nitrogens is 2. The number of rotatable bonds is 5. The highest BCUT2D eigenvalue weighted by atomic mass is 16.5. The molecule has 2 N–H and O–H groups in total. The molecule has 0 saturated heterocycles. The van der Waals surface area contributed by atoms with Crippen LogP contribution in [-0.4, -0.2) is 22.8 Å². The number of aryl methyl sites for hydroxylation is 1. The lowest BCUT2D eigenvalue weighted by molar-refractivity contribution is 0.370. The fourth-order valence-electron chi connectivity index (χ4n) is 1.63. The zero-order valence-electron chi connectivity index (χ0n) is 11.5. The predicted molar refractivity (Wildman–Crippen MR) is 81.6 cm³/mol. The van der Waals surface area contributed by atoms with Gasteiger partial charge in [0.15, 0.2) is 0 Å². The Morgan fingerprint density at radius 2 is 2.33 bits per heavy atom. The molecule has 21 heavy (non-hydrogen) atoms. The van der Waals surface area contributed by atoms with Gasteiger partial charge in [0.05, 0.1) is 6.21 Å². The zero-order valence-corrected chi connectivity index (χ0v) is 11.5. The first-order valence-corrected chi connectivity index (χ1v) is 6.21. The summed E-state index contributed by atoms with van der Waals surface area (Å²) >= 11 is 0. The van der Waals surface area contributed by atoms with E-state index in [2.05, 4.69) is 26.4 Å². The normalized spacial score (nSPS) is 10.3. The second-order valence-electron chi connectivity index (χ2n) is 4.14. The van der Waals surface area contributed by atoms with Crippen LogP contribution in [0.25, 0.3) is 0 Å². The Morgan fingerprint density at radius 1 is 1.52 bits per heavy atom. The smallest absolute Gasteiger partial charge is 0.252 e. The number of nitrogens with zero attached hydrogens (tertiary/aromatic N) is 2. The number of H-pyrrole nitrogens is 1. The van der Waals surface area contributed by atoms with Gasteiger partial charge in [-0.15, -0.1) is 6.42 Å². The monoisotopic (exact) mass is 282 g/mol. The molecule has 2 rings (SSSR count). The molecule has 0 aliphatic heterocycles. The molecular formula is C15H14N4O2. The van der Waals surface area contributed by atoms with Gasteiger partial charge in [0.1, 0.15) is 12.4 Å². The number of benzene rings is 1. The molecule has 0 atom stereocenters. The number of nitrogens with one attached hydrogen (secondary N) is 2. The number of terminal acetylenes is 1. The van der Waals surface area contributed by atoms with Gasteiger partial charge in [-0.25, -0.2) is 10.4 Å². The second-order valence-corrected chi connectivity index (χ2v) is 4.14. The van der Waals surface area contributed by atoms with Crippen molar-refractivity contribution in [1.82, 2.24) is 9.97 Å². The van der Waals surface area contributed by atoms with Crippen molar-refractivity contribution in [2.45, 2.75) is 6.92 Å². The van der Waals surface area contributed by atoms with Crippen molar-refractivity contribution in [3.63, 3.8) is 0 Å². The molecule has 0 unspecified atom stereocenters. The highest BCUT2D eigenvalue weighted by molar-refractivity contribution is 5.83. The molecule has 0 fully saturated rings. The first-order valence-electron chi connectivity index (χ1n) is 6.21. The summed E-state index contributed by atoms with van der Waals surface area (Å²) in [6.07, 6.45) is 6.73. The number of ether oxygens (including phenoxy) is 1. The van der Waals surface area contributed by atoms with Crippen LogP contribution in [0.2, 0.25) is 0 Å². The molecule has 1 heterocycles. The molecule has 0 radical (unpaired) electrons. The highest BCUT2D eigenvalue weighted by Crippen LogP contribution is 2.15. The first-order chi connectivity index (χ1) is 10.2. The summed E-state index contributed by atoms with van der Waals surface area (Å²) < 4.78 is 5.40. The van der Waals surface area contributed by atoms with Crippen molar-refractivity contribution in [3.8, 4) is 18.1 Å². The Bertz CT molecular complexity index is 744. The van der Waals surface area contributed by atoms with E-state index < -0.39 is 0 Å². The average molecular weight is 282 g/mol. The lowest BCUT2D eigenvalue weighted by Gasteiger charge is -2.05. The van der Waals surface area contributed by atoms with E-state index in [1.807, 2.05) is 18.2 Å². The summed E-state index contributed by atoms with van der Waals surface area (Å²) in [7, 11) is 0. The third-order valence-corrected chi connectivity index (χ3v) is 2.47. The summed E-state index contributed by atoms with van der Waals surface area (Å²) in [4.78, 5) is 17.9. The molecular weight excluding hydrogens is 268 g/mol. The van der Waals surface area contributed by atoms with Gasteiger partial charge >= 0.3 is 0 Å². The van der Waals surface area contributed by atoms with Gasteiger partial charge in [-0.1, -0.05) is 18.1 Å². The first kappa shape index (κ1) is 14.3. The van der Waals surface area contributed by atoms with Crippen molar-refractivity contribution < 1.29 is 4.74 Å². The largest absolute Gasteiger partial charge is 0.480 e. The molecule has 2 aromatic rings. The second kappa shape index (κ2) is 6.91. The number of para-hydroxylation sites is 1. The number of hydrazone groups is 1. The van der Waals surface area contributed by atoms with E-state index in [1.54, 1.807) is 19.2 Å². The molecule has 0 bridgehead atoms. The number of aromatic amines is 1. The molecule has 0 saturated carbocycles. The van der Waals surface area contributed by atoms with Crippen LogP contribution in [0.3, 0.4) is 0 Å². The van der Waals surface area contributed by atoms with E-state index in [9.17, 15) is 4.79 Å². The van der Waals surface area contributed by atoms with E-state index in [0.29, 0.717) is 11.4 Å². The van der Waals surface area contributed by atoms with Crippen molar-refractivity contribution in [3.05, 3.63) is 51.9 Å². The van der Waals surface area contributed by atoms with Crippen LogP contribution in [0.15, 0.2) is 40.2 Å². The maximum absolute atomic E-state index is 11.3. The maximum atomic E-state index is 11.3. The van der Waals surface area contributed by atoms with Crippen LogP contribution in [-0.2, 0) is 0 Å². The number of anilines is 1. The number of hydrogen-bond acceptors (Lipinski definition) is 5. The molecule has 1 aromatic heterocycles. The molecule has 0 aliphatic carbocycles. The number of hydrogen-bond donors (Lipinski definition) is 2. The Hall–Kier alpha value is -3.07. The van der Waals surface area contributed by atoms with Crippen LogP contribution in [0.4, 0.5) is 5.95 Å². The molecule has 6 nitrogen and oxygen atoms in total. The Labute approximate surface area is 121 Å². The van der Waals surface area contributed by atoms with Crippen molar-refractivity contribution in [1.29, 1.82) is 0 Å². The fourth-order valence-corrected chi connectivity index (χ4v) is 1.63. The van der Waals surface area contributed by atoms with Crippen LogP contribution < -0.4 is 15.7 Å². The van der Waals surface area contributed by atoms with E-state index >= 15 is 0 Å². The minimum absolute atomic E-state index is 0.186. The van der Waals surface area contributed by atoms with Crippen LogP contribution in [0.5, 0.6) is 5.75 Å². The van der Waals surface area contributed by atoms with Gasteiger partial charge in [0.25, 0.3) is 5.56 Å². The third kappa shape index (κ3) is 4.21. The zero-order chi connectivity index (χ0) is 15.1. The van der Waals surface area contributed by atoms with Gasteiger partial charge in [0.2, 0.25) is 5.95 Å². The van der Waals surface area contributed by atoms with Gasteiger partial charge in [-0.2, -0.15) is 5.10 Å². The summed E-state index contributed by atoms with van der Waals surface area (Å²) in [5.41, 5.74) is 3.79. The maximum Gasteiger partial charge on any atom is 0.252 e. The Balaban J connectivity index is 2.11. The molecule has 1 aromatic carbocycles. The topological polar surface area (TPSA) is 79.4 Å². The fraction of sp³-hybridized carbons (Fsp3) is 0.133. The minimum atomic E-state index is -0.238. The van der Waals surface area contributed by atoms with Gasteiger partial charge in [-0.05, 0) is 19.1 Å². The van der Waals surface area contributed by atoms with Gasteiger partial charge in [0, 0.05) is 17.3 Å². The van der Waals surface area contributed by atoms with Crippen LogP contribution in [0, 0.1) is 19.3 Å². The van der Waals surface area contributed by atoms with Crippen LogP contribution in [0.1, 0.15) is 11.3 Å². The minimum Gasteiger partial charge on any atom is -0.480 e. The Kier molecular flexibility index (Phi) is 4.72. The van der Waals surface area contributed by atoms with E-state index in [1.165, 1.54) is 6.07 Å². The van der Waals surface area contributed by atoms with Crippen molar-refractivity contribution >= 4 is 12.2 Å². The standard InChI is InChI=1S/C15H14N4O2/c1-3-8-21-13-7-5-4-6-12(13)10-16-19-15-17-11(2)9-14(20)18-15/h1,4-7,9-10H,8H2,2H3,(H2,17,18,19,20)/b16-10-. The molecule has 106 valence electrons. The Morgan fingerprint density at radius 3 is 3.10 bits per heavy atom. The van der Waals surface area contributed by atoms with E-state index in [-0.39, 0.29) is 18.1 Å². The lowest BCUT2D eigenvalue weighted by Crippen LogP contribution is -2.10. The van der Waals surface area contributed by atoms with E-state index in [0.717, 1.165) is 5.56 Å². The average Bonchev–Trinajstić information content (AvgIpc) is 2.45.